The number of hydrogen-bond donors (Lipinski definition) is 0. The number of rotatable bonds is 4. The molecule has 0 fully saturated rings. The third-order valence-electron chi connectivity index (χ3n) is 1.46. The molecule has 0 heterocycles. The third-order valence-corrected chi connectivity index (χ3v) is 2.10. The highest BCUT2D eigenvalue weighted by atomic mass is 35.6. The fourth-order valence-electron chi connectivity index (χ4n) is 0.885. The van der Waals surface area contributed by atoms with Crippen molar-refractivity contribution in [1.82, 2.24) is 0 Å². The van der Waals surface area contributed by atoms with E-state index in [9.17, 15) is 9.59 Å². The molecule has 6 heteroatoms. The Balaban J connectivity index is 4.63. The Morgan fingerprint density at radius 1 is 1.25 bits per heavy atom. The van der Waals surface area contributed by atoms with E-state index in [0.29, 0.717) is 0 Å². The Labute approximate surface area is 110 Å². The van der Waals surface area contributed by atoms with Gasteiger partial charge in [0, 0.05) is 0 Å². The predicted molar refractivity (Wildman–Crippen MR) is 64.9 cm³/mol. The average molecular weight is 288 g/mol. The summed E-state index contributed by atoms with van der Waals surface area (Å²) in [5, 5.41) is 0. The Kier molecular flexibility index (Phi) is 6.38. The number of esters is 1. The fourth-order valence-corrected chi connectivity index (χ4v) is 1.21. The fraction of sp³-hybridized carbons (Fsp3) is 0.600. The van der Waals surface area contributed by atoms with E-state index in [1.807, 2.05) is 0 Å². The second-order valence-corrected chi connectivity index (χ2v) is 5.94. The topological polar surface area (TPSA) is 43.4 Å². The maximum atomic E-state index is 11.2. The van der Waals surface area contributed by atoms with Crippen LogP contribution in [-0.2, 0) is 14.3 Å². The summed E-state index contributed by atoms with van der Waals surface area (Å²) in [6, 6.07) is 0. The van der Waals surface area contributed by atoms with Gasteiger partial charge in [-0.1, -0.05) is 40.4 Å². The van der Waals surface area contributed by atoms with Crippen LogP contribution in [0.1, 0.15) is 27.2 Å². The van der Waals surface area contributed by atoms with Gasteiger partial charge in [-0.3, -0.25) is 9.59 Å². The van der Waals surface area contributed by atoms with Crippen LogP contribution < -0.4 is 0 Å². The molecule has 16 heavy (non-hydrogen) atoms. The van der Waals surface area contributed by atoms with Gasteiger partial charge in [-0.15, -0.1) is 0 Å². The summed E-state index contributed by atoms with van der Waals surface area (Å²) in [6.07, 6.45) is 0.202. The number of carbonyl (C=O) groups excluding carboxylic acids is 2. The molecule has 0 amide bonds. The molecular formula is C10H13Cl3O3. The Hall–Kier alpha value is -0.250. The lowest BCUT2D eigenvalue weighted by Crippen LogP contribution is -2.30. The Bertz CT molecular complexity index is 301. The quantitative estimate of drug-likeness (QED) is 0.345. The molecule has 0 aliphatic carbocycles. The number of alkyl halides is 3. The molecule has 0 aliphatic rings. The number of carbonyl (C=O) groups is 2. The predicted octanol–water partition coefficient (Wildman–Crippen LogP) is 3.21. The van der Waals surface area contributed by atoms with Gasteiger partial charge < -0.3 is 4.74 Å². The standard InChI is InChI=1S/C10H13Cl3O3/c1-6(2)4-8(10(11,12)13)16-9(15)5-7(3)14/h4,8H,5H2,1-3H3/t8-/m1/s1. The van der Waals surface area contributed by atoms with Gasteiger partial charge in [-0.2, -0.15) is 0 Å². The lowest BCUT2D eigenvalue weighted by molar-refractivity contribution is -0.148. The van der Waals surface area contributed by atoms with Gasteiger partial charge >= 0.3 is 5.97 Å². The molecule has 0 aromatic rings. The number of allylic oxidation sites excluding steroid dienone is 1. The molecule has 0 saturated heterocycles. The van der Waals surface area contributed by atoms with Crippen molar-refractivity contribution < 1.29 is 14.3 Å². The van der Waals surface area contributed by atoms with E-state index in [4.69, 9.17) is 39.5 Å². The molecule has 0 unspecified atom stereocenters. The molecule has 0 bridgehead atoms. The number of hydrogen-bond acceptors (Lipinski definition) is 3. The highest BCUT2D eigenvalue weighted by Gasteiger charge is 2.34. The molecule has 0 spiro atoms. The number of halogens is 3. The largest absolute Gasteiger partial charge is 0.453 e. The maximum Gasteiger partial charge on any atom is 0.314 e. The van der Waals surface area contributed by atoms with E-state index in [1.165, 1.54) is 13.0 Å². The van der Waals surface area contributed by atoms with E-state index in [-0.39, 0.29) is 12.2 Å². The van der Waals surface area contributed by atoms with Crippen molar-refractivity contribution in [3.63, 3.8) is 0 Å². The summed E-state index contributed by atoms with van der Waals surface area (Å²) in [5.41, 5.74) is 0.840. The van der Waals surface area contributed by atoms with Crippen molar-refractivity contribution in [3.8, 4) is 0 Å². The van der Waals surface area contributed by atoms with Crippen LogP contribution >= 0.6 is 34.8 Å². The summed E-state index contributed by atoms with van der Waals surface area (Å²) in [7, 11) is 0. The van der Waals surface area contributed by atoms with Crippen molar-refractivity contribution in [2.24, 2.45) is 0 Å². The van der Waals surface area contributed by atoms with Crippen LogP contribution in [0.25, 0.3) is 0 Å². The summed E-state index contributed by atoms with van der Waals surface area (Å²) < 4.78 is 3.16. The Morgan fingerprint density at radius 3 is 2.06 bits per heavy atom. The molecule has 0 aromatic carbocycles. The minimum atomic E-state index is -1.75. The van der Waals surface area contributed by atoms with E-state index >= 15 is 0 Å². The second-order valence-electron chi connectivity index (χ2n) is 3.57. The van der Waals surface area contributed by atoms with Crippen LogP contribution in [0.4, 0.5) is 0 Å². The van der Waals surface area contributed by atoms with Crippen LogP contribution in [0, 0.1) is 0 Å². The van der Waals surface area contributed by atoms with Crippen molar-refractivity contribution in [1.29, 1.82) is 0 Å². The van der Waals surface area contributed by atoms with Crippen LogP contribution in [0.5, 0.6) is 0 Å². The van der Waals surface area contributed by atoms with Crippen molar-refractivity contribution >= 4 is 46.6 Å². The normalized spacial score (nSPS) is 12.9. The summed E-state index contributed by atoms with van der Waals surface area (Å²) in [4.78, 5) is 21.9. The van der Waals surface area contributed by atoms with Crippen molar-refractivity contribution in [2.75, 3.05) is 0 Å². The molecule has 0 radical (unpaired) electrons. The number of Topliss-reactive ketones (excluding diaryl/α,β-unsaturated/α-hetero) is 1. The van der Waals surface area contributed by atoms with E-state index in [0.717, 1.165) is 5.57 Å². The first kappa shape index (κ1) is 15.8. The van der Waals surface area contributed by atoms with Gasteiger partial charge in [0.25, 0.3) is 0 Å². The summed E-state index contributed by atoms with van der Waals surface area (Å²) in [6.45, 7) is 4.84. The van der Waals surface area contributed by atoms with Gasteiger partial charge in [-0.05, 0) is 26.8 Å². The van der Waals surface area contributed by atoms with Crippen molar-refractivity contribution in [3.05, 3.63) is 11.6 Å². The molecule has 0 N–H and O–H groups in total. The lowest BCUT2D eigenvalue weighted by atomic mass is 10.2. The first-order chi connectivity index (χ1) is 7.12. The molecular weight excluding hydrogens is 274 g/mol. The first-order valence-electron chi connectivity index (χ1n) is 4.53. The van der Waals surface area contributed by atoms with Crippen molar-refractivity contribution in [2.45, 2.75) is 37.1 Å². The monoisotopic (exact) mass is 286 g/mol. The van der Waals surface area contributed by atoms with E-state index in [2.05, 4.69) is 0 Å². The summed E-state index contributed by atoms with van der Waals surface area (Å²) in [5.74, 6) is -1.01. The molecule has 0 rings (SSSR count). The van der Waals surface area contributed by atoms with Gasteiger partial charge in [0.2, 0.25) is 3.79 Å². The minimum absolute atomic E-state index is 0.301. The second kappa shape index (κ2) is 6.48. The lowest BCUT2D eigenvalue weighted by Gasteiger charge is -2.21. The zero-order valence-electron chi connectivity index (χ0n) is 9.22. The molecule has 92 valence electrons. The maximum absolute atomic E-state index is 11.2. The van der Waals surface area contributed by atoms with E-state index < -0.39 is 15.9 Å². The molecule has 0 saturated carbocycles. The van der Waals surface area contributed by atoms with Gasteiger partial charge in [-0.25, -0.2) is 0 Å². The SMILES string of the molecule is CC(=O)CC(=O)O[C@H](C=C(C)C)C(Cl)(Cl)Cl. The van der Waals surface area contributed by atoms with E-state index in [1.54, 1.807) is 13.8 Å². The van der Waals surface area contributed by atoms with Crippen LogP contribution in [0.15, 0.2) is 11.6 Å². The average Bonchev–Trinajstić information content (AvgIpc) is 1.98. The molecule has 1 atom stereocenters. The molecule has 3 nitrogen and oxygen atoms in total. The van der Waals surface area contributed by atoms with Gasteiger partial charge in [0.15, 0.2) is 6.10 Å². The zero-order valence-corrected chi connectivity index (χ0v) is 11.5. The smallest absolute Gasteiger partial charge is 0.314 e. The van der Waals surface area contributed by atoms with Crippen LogP contribution in [0.3, 0.4) is 0 Å². The van der Waals surface area contributed by atoms with Crippen LogP contribution in [-0.4, -0.2) is 21.6 Å². The summed E-state index contributed by atoms with van der Waals surface area (Å²) >= 11 is 16.9. The zero-order chi connectivity index (χ0) is 12.9. The van der Waals surface area contributed by atoms with Gasteiger partial charge in [0.1, 0.15) is 12.2 Å². The molecule has 0 aromatic heterocycles. The third kappa shape index (κ3) is 7.09. The Morgan fingerprint density at radius 2 is 1.75 bits per heavy atom. The number of ketones is 1. The van der Waals surface area contributed by atoms with Crippen LogP contribution in [0.2, 0.25) is 0 Å². The van der Waals surface area contributed by atoms with Gasteiger partial charge in [0.05, 0.1) is 0 Å². The molecule has 0 aliphatic heterocycles. The highest BCUT2D eigenvalue weighted by molar-refractivity contribution is 6.68. The number of ether oxygens (including phenoxy) is 1. The first-order valence-corrected chi connectivity index (χ1v) is 5.67. The highest BCUT2D eigenvalue weighted by Crippen LogP contribution is 2.33. The minimum Gasteiger partial charge on any atom is -0.453 e.